The Morgan fingerprint density at radius 2 is 2.04 bits per heavy atom. The van der Waals surface area contributed by atoms with Crippen LogP contribution in [0.3, 0.4) is 0 Å². The summed E-state index contributed by atoms with van der Waals surface area (Å²) in [5.74, 6) is -0.376. The Kier molecular flexibility index (Phi) is 5.72. The summed E-state index contributed by atoms with van der Waals surface area (Å²) in [6, 6.07) is 6.59. The average Bonchev–Trinajstić information content (AvgIpc) is 2.92. The van der Waals surface area contributed by atoms with Crippen LogP contribution in [0.1, 0.15) is 32.8 Å². The summed E-state index contributed by atoms with van der Waals surface area (Å²) in [4.78, 5) is 25.1. The molecule has 1 aromatic carbocycles. The number of para-hydroxylation sites is 1. The van der Waals surface area contributed by atoms with E-state index in [1.807, 2.05) is 24.3 Å². The molecule has 2 unspecified atom stereocenters. The van der Waals surface area contributed by atoms with E-state index in [9.17, 15) is 14.7 Å². The molecule has 0 aromatic heterocycles. The SMILES string of the molecule is C=CCc1ccccc1OC1CC(C(=O)O)N(C(=O)OC(C)(C)C)C1. The monoisotopic (exact) mass is 347 g/mol. The zero-order valence-electron chi connectivity index (χ0n) is 14.9. The van der Waals surface area contributed by atoms with Gasteiger partial charge in [0.05, 0.1) is 6.54 Å². The second-order valence-corrected chi connectivity index (χ2v) is 7.06. The third-order valence-electron chi connectivity index (χ3n) is 3.81. The summed E-state index contributed by atoms with van der Waals surface area (Å²) in [5.41, 5.74) is 0.287. The minimum Gasteiger partial charge on any atom is -0.488 e. The molecule has 6 nitrogen and oxygen atoms in total. The molecule has 1 saturated heterocycles. The molecule has 1 aliphatic rings. The molecule has 1 aliphatic heterocycles. The largest absolute Gasteiger partial charge is 0.488 e. The van der Waals surface area contributed by atoms with Gasteiger partial charge in [0, 0.05) is 6.42 Å². The number of carbonyl (C=O) groups is 2. The van der Waals surface area contributed by atoms with Crippen LogP contribution in [0.5, 0.6) is 5.75 Å². The van der Waals surface area contributed by atoms with Crippen LogP contribution in [0.4, 0.5) is 4.79 Å². The zero-order chi connectivity index (χ0) is 18.6. The van der Waals surface area contributed by atoms with E-state index in [-0.39, 0.29) is 13.0 Å². The van der Waals surface area contributed by atoms with Gasteiger partial charge < -0.3 is 14.6 Å². The number of aliphatic carboxylic acids is 1. The van der Waals surface area contributed by atoms with Crippen molar-refractivity contribution in [3.8, 4) is 5.75 Å². The van der Waals surface area contributed by atoms with E-state index in [0.29, 0.717) is 12.2 Å². The number of carboxylic acids is 1. The third kappa shape index (κ3) is 4.98. The molecule has 0 aliphatic carbocycles. The maximum Gasteiger partial charge on any atom is 0.411 e. The molecule has 1 fully saturated rings. The number of benzene rings is 1. The van der Waals surface area contributed by atoms with Gasteiger partial charge in [-0.3, -0.25) is 4.90 Å². The minimum atomic E-state index is -1.06. The van der Waals surface area contributed by atoms with Crippen molar-refractivity contribution in [1.29, 1.82) is 0 Å². The number of amides is 1. The van der Waals surface area contributed by atoms with Crippen LogP contribution in [0.2, 0.25) is 0 Å². The van der Waals surface area contributed by atoms with Crippen molar-refractivity contribution in [3.05, 3.63) is 42.5 Å². The molecule has 25 heavy (non-hydrogen) atoms. The van der Waals surface area contributed by atoms with E-state index in [1.54, 1.807) is 26.8 Å². The van der Waals surface area contributed by atoms with Crippen molar-refractivity contribution in [1.82, 2.24) is 4.90 Å². The maximum atomic E-state index is 12.3. The molecule has 0 saturated carbocycles. The molecule has 1 amide bonds. The van der Waals surface area contributed by atoms with Crippen LogP contribution < -0.4 is 4.74 Å². The molecule has 0 spiro atoms. The van der Waals surface area contributed by atoms with Gasteiger partial charge in [0.15, 0.2) is 0 Å². The summed E-state index contributed by atoms with van der Waals surface area (Å²) in [5, 5.41) is 9.44. The van der Waals surface area contributed by atoms with Gasteiger partial charge in [0.2, 0.25) is 0 Å². The summed E-state index contributed by atoms with van der Waals surface area (Å²) in [6.45, 7) is 9.14. The van der Waals surface area contributed by atoms with Gasteiger partial charge in [-0.2, -0.15) is 0 Å². The Balaban J connectivity index is 2.13. The molecule has 2 rings (SSSR count). The van der Waals surface area contributed by atoms with Gasteiger partial charge in [-0.1, -0.05) is 24.3 Å². The number of likely N-dealkylation sites (tertiary alicyclic amines) is 1. The van der Waals surface area contributed by atoms with E-state index in [0.717, 1.165) is 5.56 Å². The zero-order valence-corrected chi connectivity index (χ0v) is 14.9. The number of carbonyl (C=O) groups excluding carboxylic acids is 1. The highest BCUT2D eigenvalue weighted by Gasteiger charge is 2.42. The normalized spacial score (nSPS) is 20.2. The first-order chi connectivity index (χ1) is 11.7. The molecule has 0 radical (unpaired) electrons. The van der Waals surface area contributed by atoms with Gasteiger partial charge in [0.1, 0.15) is 23.5 Å². The van der Waals surface area contributed by atoms with E-state index >= 15 is 0 Å². The van der Waals surface area contributed by atoms with E-state index in [4.69, 9.17) is 9.47 Å². The number of ether oxygens (including phenoxy) is 2. The van der Waals surface area contributed by atoms with Crippen molar-refractivity contribution in [3.63, 3.8) is 0 Å². The second kappa shape index (κ2) is 7.59. The molecular formula is C19H25NO5. The number of carboxylic acid groups (broad SMARTS) is 1. The van der Waals surface area contributed by atoms with E-state index in [2.05, 4.69) is 6.58 Å². The highest BCUT2D eigenvalue weighted by molar-refractivity contribution is 5.81. The first-order valence-corrected chi connectivity index (χ1v) is 8.29. The Labute approximate surface area is 148 Å². The number of rotatable bonds is 5. The standard InChI is InChI=1S/C19H25NO5/c1-5-8-13-9-6-7-10-16(13)24-14-11-15(17(21)22)20(12-14)18(23)25-19(2,3)4/h5-7,9-10,14-15H,1,8,11-12H2,2-4H3,(H,21,22). The average molecular weight is 347 g/mol. The van der Waals surface area contributed by atoms with Crippen LogP contribution >= 0.6 is 0 Å². The van der Waals surface area contributed by atoms with E-state index < -0.39 is 29.8 Å². The molecule has 2 atom stereocenters. The van der Waals surface area contributed by atoms with Gasteiger partial charge >= 0.3 is 12.1 Å². The fraction of sp³-hybridized carbons (Fsp3) is 0.474. The summed E-state index contributed by atoms with van der Waals surface area (Å²) in [7, 11) is 0. The Morgan fingerprint density at radius 3 is 2.64 bits per heavy atom. The lowest BCUT2D eigenvalue weighted by Crippen LogP contribution is -2.43. The van der Waals surface area contributed by atoms with Crippen LogP contribution in [0.25, 0.3) is 0 Å². The Bertz CT molecular complexity index is 649. The predicted octanol–water partition coefficient (Wildman–Crippen LogP) is 3.26. The fourth-order valence-corrected chi connectivity index (χ4v) is 2.76. The molecule has 0 bridgehead atoms. The lowest BCUT2D eigenvalue weighted by molar-refractivity contribution is -0.142. The molecule has 1 aromatic rings. The van der Waals surface area contributed by atoms with E-state index in [1.165, 1.54) is 4.90 Å². The lowest BCUT2D eigenvalue weighted by Gasteiger charge is -2.26. The Morgan fingerprint density at radius 1 is 1.36 bits per heavy atom. The minimum absolute atomic E-state index is 0.175. The van der Waals surface area contributed by atoms with Gasteiger partial charge in [0.25, 0.3) is 0 Å². The lowest BCUT2D eigenvalue weighted by atomic mass is 10.1. The first kappa shape index (κ1) is 18.8. The number of hydrogen-bond donors (Lipinski definition) is 1. The first-order valence-electron chi connectivity index (χ1n) is 8.29. The smallest absolute Gasteiger partial charge is 0.411 e. The van der Waals surface area contributed by atoms with Crippen LogP contribution in [0.15, 0.2) is 36.9 Å². The van der Waals surface area contributed by atoms with Crippen molar-refractivity contribution in [2.75, 3.05) is 6.54 Å². The van der Waals surface area contributed by atoms with Crippen molar-refractivity contribution in [2.45, 2.75) is 51.4 Å². The molecule has 1 heterocycles. The maximum absolute atomic E-state index is 12.3. The molecular weight excluding hydrogens is 322 g/mol. The fourth-order valence-electron chi connectivity index (χ4n) is 2.76. The topological polar surface area (TPSA) is 76.1 Å². The Hall–Kier alpha value is -2.50. The number of allylic oxidation sites excluding steroid dienone is 1. The highest BCUT2D eigenvalue weighted by atomic mass is 16.6. The van der Waals surface area contributed by atoms with Gasteiger partial charge in [-0.15, -0.1) is 6.58 Å². The van der Waals surface area contributed by atoms with Crippen molar-refractivity contribution in [2.24, 2.45) is 0 Å². The van der Waals surface area contributed by atoms with Crippen LogP contribution in [-0.2, 0) is 16.0 Å². The molecule has 6 heteroatoms. The van der Waals surface area contributed by atoms with Crippen molar-refractivity contribution >= 4 is 12.1 Å². The summed E-state index contributed by atoms with van der Waals surface area (Å²) in [6.07, 6.45) is 1.62. The van der Waals surface area contributed by atoms with Crippen LogP contribution in [0, 0.1) is 0 Å². The quantitative estimate of drug-likeness (QED) is 0.828. The molecule has 1 N–H and O–H groups in total. The second-order valence-electron chi connectivity index (χ2n) is 7.06. The van der Waals surface area contributed by atoms with Gasteiger partial charge in [-0.25, -0.2) is 9.59 Å². The summed E-state index contributed by atoms with van der Waals surface area (Å²) >= 11 is 0. The number of hydrogen-bond acceptors (Lipinski definition) is 4. The predicted molar refractivity (Wildman–Crippen MR) is 93.7 cm³/mol. The van der Waals surface area contributed by atoms with Crippen LogP contribution in [-0.4, -0.2) is 46.4 Å². The number of nitrogens with zero attached hydrogens (tertiary/aromatic N) is 1. The molecule has 136 valence electrons. The van der Waals surface area contributed by atoms with Gasteiger partial charge in [-0.05, 0) is 38.8 Å². The third-order valence-corrected chi connectivity index (χ3v) is 3.81. The summed E-state index contributed by atoms with van der Waals surface area (Å²) < 4.78 is 11.3. The highest BCUT2D eigenvalue weighted by Crippen LogP contribution is 2.27. The van der Waals surface area contributed by atoms with Crippen molar-refractivity contribution < 1.29 is 24.2 Å².